The number of fused-ring (bicyclic) bond motifs is 1. The molecule has 2 heterocycles. The van der Waals surface area contributed by atoms with E-state index in [2.05, 4.69) is 23.1 Å². The minimum absolute atomic E-state index is 0. The van der Waals surface area contributed by atoms with Crippen LogP contribution in [-0.2, 0) is 13.6 Å². The summed E-state index contributed by atoms with van der Waals surface area (Å²) in [7, 11) is 1.84. The summed E-state index contributed by atoms with van der Waals surface area (Å²) in [6.07, 6.45) is 3.72. The Morgan fingerprint density at radius 2 is 2.23 bits per heavy atom. The van der Waals surface area contributed by atoms with Crippen LogP contribution in [0.5, 0.6) is 0 Å². The molecule has 1 fully saturated rings. The molecule has 1 aromatic carbocycles. The van der Waals surface area contributed by atoms with Gasteiger partial charge in [-0.25, -0.2) is 0 Å². The van der Waals surface area contributed by atoms with Gasteiger partial charge in [-0.05, 0) is 56.0 Å². The van der Waals surface area contributed by atoms with E-state index in [-0.39, 0.29) is 17.3 Å². The lowest BCUT2D eigenvalue weighted by Gasteiger charge is -2.32. The van der Waals surface area contributed by atoms with E-state index in [0.29, 0.717) is 0 Å². The van der Waals surface area contributed by atoms with Gasteiger partial charge in [0.25, 0.3) is 0 Å². The summed E-state index contributed by atoms with van der Waals surface area (Å²) >= 11 is 1.34. The number of likely N-dealkylation sites (tertiary alicyclic amines) is 1. The van der Waals surface area contributed by atoms with Crippen LogP contribution in [0.15, 0.2) is 23.0 Å². The van der Waals surface area contributed by atoms with Crippen molar-refractivity contribution < 1.29 is 0 Å². The van der Waals surface area contributed by atoms with Crippen LogP contribution in [-0.4, -0.2) is 29.1 Å². The Balaban J connectivity index is 0.00000176. The van der Waals surface area contributed by atoms with Crippen molar-refractivity contribution >= 4 is 34.0 Å². The van der Waals surface area contributed by atoms with Gasteiger partial charge in [-0.15, -0.1) is 12.4 Å². The number of hydrogen-bond donors (Lipinski definition) is 1. The molecule has 2 N–H and O–H groups in total. The number of halogens is 1. The van der Waals surface area contributed by atoms with Gasteiger partial charge < -0.3 is 10.3 Å². The number of piperidine rings is 1. The van der Waals surface area contributed by atoms with Crippen molar-refractivity contribution in [1.82, 2.24) is 9.47 Å². The molecule has 1 saturated heterocycles. The van der Waals surface area contributed by atoms with Gasteiger partial charge in [-0.2, -0.15) is 0 Å². The molecule has 3 rings (SSSR count). The summed E-state index contributed by atoms with van der Waals surface area (Å²) in [5, 5.41) is 0. The van der Waals surface area contributed by atoms with Gasteiger partial charge in [0.2, 0.25) is 0 Å². The van der Waals surface area contributed by atoms with Crippen molar-refractivity contribution in [3.8, 4) is 0 Å². The molecule has 0 saturated carbocycles. The molecule has 1 unspecified atom stereocenters. The third-order valence-corrected chi connectivity index (χ3v) is 5.44. The number of nitrogens with two attached hydrogens (primary N) is 1. The first kappa shape index (κ1) is 17.5. The van der Waals surface area contributed by atoms with Gasteiger partial charge in [0.05, 0.1) is 10.2 Å². The van der Waals surface area contributed by atoms with E-state index in [9.17, 15) is 4.79 Å². The fraction of sp³-hybridized carbons (Fsp3) is 0.562. The molecule has 0 radical (unpaired) electrons. The maximum atomic E-state index is 11.7. The van der Waals surface area contributed by atoms with Gasteiger partial charge in [0, 0.05) is 20.1 Å². The second kappa shape index (κ2) is 7.59. The van der Waals surface area contributed by atoms with E-state index in [1.165, 1.54) is 36.3 Å². The molecule has 0 bridgehead atoms. The van der Waals surface area contributed by atoms with Crippen molar-refractivity contribution in [2.24, 2.45) is 18.7 Å². The number of aromatic nitrogens is 1. The Labute approximate surface area is 141 Å². The molecule has 1 aromatic heterocycles. The highest BCUT2D eigenvalue weighted by Crippen LogP contribution is 2.23. The molecule has 0 aliphatic carbocycles. The zero-order valence-electron chi connectivity index (χ0n) is 13.0. The molecular weight excluding hydrogens is 318 g/mol. The molecule has 0 amide bonds. The smallest absolute Gasteiger partial charge is 0.307 e. The Kier molecular flexibility index (Phi) is 6.03. The maximum absolute atomic E-state index is 11.7. The first-order chi connectivity index (χ1) is 10.2. The average molecular weight is 342 g/mol. The van der Waals surface area contributed by atoms with E-state index in [1.807, 2.05) is 7.05 Å². The zero-order valence-corrected chi connectivity index (χ0v) is 14.6. The second-order valence-corrected chi connectivity index (χ2v) is 7.04. The van der Waals surface area contributed by atoms with Crippen molar-refractivity contribution in [3.63, 3.8) is 0 Å². The average Bonchev–Trinajstić information content (AvgIpc) is 2.74. The van der Waals surface area contributed by atoms with Crippen molar-refractivity contribution in [2.75, 3.05) is 19.6 Å². The summed E-state index contributed by atoms with van der Waals surface area (Å²) < 4.78 is 2.82. The fourth-order valence-electron chi connectivity index (χ4n) is 3.30. The molecule has 122 valence electrons. The number of thiazole rings is 1. The van der Waals surface area contributed by atoms with Crippen LogP contribution in [0, 0.1) is 5.92 Å². The van der Waals surface area contributed by atoms with Crippen molar-refractivity contribution in [1.29, 1.82) is 0 Å². The van der Waals surface area contributed by atoms with E-state index in [4.69, 9.17) is 5.73 Å². The van der Waals surface area contributed by atoms with Gasteiger partial charge in [-0.3, -0.25) is 9.69 Å². The van der Waals surface area contributed by atoms with Crippen LogP contribution in [0.2, 0.25) is 0 Å². The highest BCUT2D eigenvalue weighted by Gasteiger charge is 2.19. The summed E-state index contributed by atoms with van der Waals surface area (Å²) in [4.78, 5) is 14.4. The van der Waals surface area contributed by atoms with Crippen LogP contribution in [0.25, 0.3) is 10.2 Å². The zero-order chi connectivity index (χ0) is 14.8. The van der Waals surface area contributed by atoms with Crippen LogP contribution in [0.1, 0.15) is 24.8 Å². The maximum Gasteiger partial charge on any atom is 0.307 e. The van der Waals surface area contributed by atoms with Crippen LogP contribution in [0.3, 0.4) is 0 Å². The standard InChI is InChI=1S/C16H23N3OS.ClH/c1-18-14-5-4-13(9-15(14)21-16(18)20)11-19-8-2-3-12(10-19)6-7-17;/h4-5,9,12H,2-3,6-8,10-11,17H2,1H3;1H. The third-order valence-electron chi connectivity index (χ3n) is 4.44. The molecule has 1 aliphatic heterocycles. The Morgan fingerprint density at radius 1 is 1.41 bits per heavy atom. The van der Waals surface area contributed by atoms with Crippen molar-refractivity contribution in [2.45, 2.75) is 25.8 Å². The summed E-state index contributed by atoms with van der Waals surface area (Å²) in [5.41, 5.74) is 8.03. The Morgan fingerprint density at radius 3 is 3.00 bits per heavy atom. The highest BCUT2D eigenvalue weighted by atomic mass is 35.5. The fourth-order valence-corrected chi connectivity index (χ4v) is 4.24. The predicted molar refractivity (Wildman–Crippen MR) is 96.0 cm³/mol. The minimum Gasteiger partial charge on any atom is -0.330 e. The van der Waals surface area contributed by atoms with Crippen LogP contribution < -0.4 is 10.6 Å². The van der Waals surface area contributed by atoms with Crippen molar-refractivity contribution in [3.05, 3.63) is 33.4 Å². The topological polar surface area (TPSA) is 51.3 Å². The van der Waals surface area contributed by atoms with Crippen LogP contribution in [0.4, 0.5) is 0 Å². The molecule has 6 heteroatoms. The third kappa shape index (κ3) is 3.71. The quantitative estimate of drug-likeness (QED) is 0.930. The number of rotatable bonds is 4. The Hall–Kier alpha value is -0.880. The number of aryl methyl sites for hydroxylation is 1. The first-order valence-electron chi connectivity index (χ1n) is 7.68. The number of hydrogen-bond acceptors (Lipinski definition) is 4. The van der Waals surface area contributed by atoms with E-state index in [0.717, 1.165) is 42.2 Å². The largest absolute Gasteiger partial charge is 0.330 e. The second-order valence-electron chi connectivity index (χ2n) is 6.05. The SMILES string of the molecule is Cl.Cn1c(=O)sc2cc(CN3CCCC(CCN)C3)ccc21. The molecular formula is C16H24ClN3OS. The van der Waals surface area contributed by atoms with Gasteiger partial charge >= 0.3 is 4.87 Å². The van der Waals surface area contributed by atoms with E-state index < -0.39 is 0 Å². The summed E-state index contributed by atoms with van der Waals surface area (Å²) in [6, 6.07) is 6.40. The molecule has 22 heavy (non-hydrogen) atoms. The normalized spacial score (nSPS) is 19.3. The minimum atomic E-state index is 0. The molecule has 2 aromatic rings. The molecule has 4 nitrogen and oxygen atoms in total. The lowest BCUT2D eigenvalue weighted by atomic mass is 9.94. The summed E-state index contributed by atoms with van der Waals surface area (Å²) in [6.45, 7) is 4.10. The first-order valence-corrected chi connectivity index (χ1v) is 8.50. The number of nitrogens with zero attached hydrogens (tertiary/aromatic N) is 2. The molecule has 1 aliphatic rings. The van der Waals surface area contributed by atoms with Gasteiger partial charge in [0.15, 0.2) is 0 Å². The van der Waals surface area contributed by atoms with E-state index >= 15 is 0 Å². The molecule has 0 spiro atoms. The number of benzene rings is 1. The molecule has 1 atom stereocenters. The Bertz CT molecular complexity index is 680. The van der Waals surface area contributed by atoms with Crippen LogP contribution >= 0.6 is 23.7 Å². The van der Waals surface area contributed by atoms with Gasteiger partial charge in [0.1, 0.15) is 0 Å². The van der Waals surface area contributed by atoms with E-state index in [1.54, 1.807) is 4.57 Å². The van der Waals surface area contributed by atoms with Gasteiger partial charge in [-0.1, -0.05) is 17.4 Å². The monoisotopic (exact) mass is 341 g/mol. The highest BCUT2D eigenvalue weighted by molar-refractivity contribution is 7.16. The lowest BCUT2D eigenvalue weighted by molar-refractivity contribution is 0.163. The predicted octanol–water partition coefficient (Wildman–Crippen LogP) is 2.58. The lowest BCUT2D eigenvalue weighted by Crippen LogP contribution is -2.35. The summed E-state index contributed by atoms with van der Waals surface area (Å²) in [5.74, 6) is 0.750.